The van der Waals surface area contributed by atoms with Crippen LogP contribution < -0.4 is 0 Å². The number of hydrogen-bond donors (Lipinski definition) is 0. The van der Waals surface area contributed by atoms with E-state index in [1.54, 1.807) is 0 Å². The third kappa shape index (κ3) is 4.13. The van der Waals surface area contributed by atoms with Crippen molar-refractivity contribution in [3.63, 3.8) is 0 Å². The third-order valence-electron chi connectivity index (χ3n) is 9.69. The molecule has 0 amide bonds. The van der Waals surface area contributed by atoms with Gasteiger partial charge in [0.05, 0.1) is 0 Å². The molecule has 0 N–H and O–H groups in total. The maximum atomic E-state index is 6.42. The highest BCUT2D eigenvalue weighted by Gasteiger charge is 2.19. The van der Waals surface area contributed by atoms with E-state index in [2.05, 4.69) is 140 Å². The minimum absolute atomic E-state index is 0.855. The predicted molar refractivity (Wildman–Crippen MR) is 200 cm³/mol. The van der Waals surface area contributed by atoms with Gasteiger partial charge in [0.1, 0.15) is 22.5 Å². The molecule has 10 rings (SSSR count). The van der Waals surface area contributed by atoms with Crippen molar-refractivity contribution in [2.45, 2.75) is 0 Å². The van der Waals surface area contributed by atoms with Crippen LogP contribution in [0.25, 0.3) is 99.2 Å². The largest absolute Gasteiger partial charge is 0.456 e. The zero-order valence-electron chi connectivity index (χ0n) is 26.0. The fourth-order valence-corrected chi connectivity index (χ4v) is 7.50. The second kappa shape index (κ2) is 10.6. The first-order valence-electron chi connectivity index (χ1n) is 16.3. The standard InChI is InChI=1S/C46H28O2/c1-3-11-29(12-4-1)30-19-21-32(22-20-30)44-34-15-7-9-17-36(34)45(37-18-10-8-16-35(37)44)33-23-24-40-38(27-33)46-39-28-43(31-13-5-2-6-14-31)48-41(39)25-26-42(46)47-40/h1-28H. The van der Waals surface area contributed by atoms with Gasteiger partial charge >= 0.3 is 0 Å². The Balaban J connectivity index is 1.20. The van der Waals surface area contributed by atoms with Crippen molar-refractivity contribution >= 4 is 54.5 Å². The fourth-order valence-electron chi connectivity index (χ4n) is 7.50. The molecule has 0 spiro atoms. The molecule has 2 heterocycles. The minimum Gasteiger partial charge on any atom is -0.456 e. The molecule has 8 aromatic carbocycles. The monoisotopic (exact) mass is 612 g/mol. The quantitative estimate of drug-likeness (QED) is 0.185. The minimum atomic E-state index is 0.855. The van der Waals surface area contributed by atoms with Crippen molar-refractivity contribution in [2.24, 2.45) is 0 Å². The molecule has 0 aliphatic carbocycles. The summed E-state index contributed by atoms with van der Waals surface area (Å²) < 4.78 is 12.8. The summed E-state index contributed by atoms with van der Waals surface area (Å²) in [5.41, 5.74) is 10.9. The van der Waals surface area contributed by atoms with Crippen LogP contribution in [0.15, 0.2) is 179 Å². The molecule has 0 atom stereocenters. The summed E-state index contributed by atoms with van der Waals surface area (Å²) in [6.45, 7) is 0. The molecule has 0 saturated carbocycles. The van der Waals surface area contributed by atoms with Crippen molar-refractivity contribution in [3.8, 4) is 44.7 Å². The van der Waals surface area contributed by atoms with Gasteiger partial charge in [-0.05, 0) is 85.3 Å². The fraction of sp³-hybridized carbons (Fsp3) is 0. The molecule has 0 aliphatic heterocycles. The van der Waals surface area contributed by atoms with Gasteiger partial charge in [-0.1, -0.05) is 140 Å². The average molecular weight is 613 g/mol. The van der Waals surface area contributed by atoms with E-state index in [1.807, 2.05) is 30.3 Å². The molecule has 10 aromatic rings. The Morgan fingerprint density at radius 1 is 0.271 bits per heavy atom. The van der Waals surface area contributed by atoms with Gasteiger partial charge in [0, 0.05) is 21.7 Å². The van der Waals surface area contributed by atoms with Crippen LogP contribution in [0.3, 0.4) is 0 Å². The first-order chi connectivity index (χ1) is 23.8. The van der Waals surface area contributed by atoms with Gasteiger partial charge in [0.25, 0.3) is 0 Å². The van der Waals surface area contributed by atoms with Crippen molar-refractivity contribution in [3.05, 3.63) is 170 Å². The zero-order valence-corrected chi connectivity index (χ0v) is 26.0. The molecule has 0 radical (unpaired) electrons. The van der Waals surface area contributed by atoms with Crippen molar-refractivity contribution < 1.29 is 8.83 Å². The molecule has 2 aromatic heterocycles. The van der Waals surface area contributed by atoms with Crippen molar-refractivity contribution in [1.82, 2.24) is 0 Å². The lowest BCUT2D eigenvalue weighted by atomic mass is 9.85. The first kappa shape index (κ1) is 26.8. The molecular formula is C46H28O2. The summed E-state index contributed by atoms with van der Waals surface area (Å²) in [6.07, 6.45) is 0. The first-order valence-corrected chi connectivity index (χ1v) is 16.3. The third-order valence-corrected chi connectivity index (χ3v) is 9.69. The van der Waals surface area contributed by atoms with Crippen LogP contribution in [0.5, 0.6) is 0 Å². The van der Waals surface area contributed by atoms with Gasteiger partial charge in [0.2, 0.25) is 0 Å². The van der Waals surface area contributed by atoms with E-state index >= 15 is 0 Å². The van der Waals surface area contributed by atoms with E-state index in [-0.39, 0.29) is 0 Å². The second-order valence-corrected chi connectivity index (χ2v) is 12.4. The van der Waals surface area contributed by atoms with Gasteiger partial charge in [-0.15, -0.1) is 0 Å². The number of fused-ring (bicyclic) bond motifs is 7. The summed E-state index contributed by atoms with van der Waals surface area (Å²) in [5, 5.41) is 8.16. The van der Waals surface area contributed by atoms with Gasteiger partial charge in [-0.25, -0.2) is 0 Å². The molecule has 0 aliphatic rings. The molecule has 224 valence electrons. The summed E-state index contributed by atoms with van der Waals surface area (Å²) in [4.78, 5) is 0. The molecule has 2 heteroatoms. The number of benzene rings is 8. The highest BCUT2D eigenvalue weighted by atomic mass is 16.3. The highest BCUT2D eigenvalue weighted by molar-refractivity contribution is 6.23. The molecular weight excluding hydrogens is 585 g/mol. The summed E-state index contributed by atoms with van der Waals surface area (Å²) in [5.74, 6) is 0.855. The Hall–Kier alpha value is -6.38. The Morgan fingerprint density at radius 3 is 1.35 bits per heavy atom. The van der Waals surface area contributed by atoms with E-state index in [0.717, 1.165) is 49.8 Å². The van der Waals surface area contributed by atoms with Gasteiger partial charge in [-0.2, -0.15) is 0 Å². The summed E-state index contributed by atoms with van der Waals surface area (Å²) in [7, 11) is 0. The van der Waals surface area contributed by atoms with Crippen molar-refractivity contribution in [2.75, 3.05) is 0 Å². The second-order valence-electron chi connectivity index (χ2n) is 12.4. The lowest BCUT2D eigenvalue weighted by Crippen LogP contribution is -1.91. The number of rotatable bonds is 4. The normalized spacial score (nSPS) is 11.8. The molecule has 0 fully saturated rings. The Morgan fingerprint density at radius 2 is 0.708 bits per heavy atom. The van der Waals surface area contributed by atoms with Crippen molar-refractivity contribution in [1.29, 1.82) is 0 Å². The van der Waals surface area contributed by atoms with Crippen LogP contribution in [-0.4, -0.2) is 0 Å². The van der Waals surface area contributed by atoms with Gasteiger partial charge < -0.3 is 8.83 Å². The molecule has 0 saturated heterocycles. The van der Waals surface area contributed by atoms with E-state index in [1.165, 1.54) is 49.4 Å². The molecule has 0 bridgehead atoms. The predicted octanol–water partition coefficient (Wildman–Crippen LogP) is 13.3. The van der Waals surface area contributed by atoms with E-state index in [9.17, 15) is 0 Å². The highest BCUT2D eigenvalue weighted by Crippen LogP contribution is 2.46. The topological polar surface area (TPSA) is 26.3 Å². The smallest absolute Gasteiger partial charge is 0.136 e. The maximum Gasteiger partial charge on any atom is 0.136 e. The molecule has 48 heavy (non-hydrogen) atoms. The maximum absolute atomic E-state index is 6.42. The average Bonchev–Trinajstić information content (AvgIpc) is 3.76. The van der Waals surface area contributed by atoms with Crippen LogP contribution in [0.4, 0.5) is 0 Å². The Labute approximate surface area is 277 Å². The Bertz CT molecular complexity index is 2750. The molecule has 2 nitrogen and oxygen atoms in total. The Kier molecular flexibility index (Phi) is 5.91. The summed E-state index contributed by atoms with van der Waals surface area (Å²) >= 11 is 0. The summed E-state index contributed by atoms with van der Waals surface area (Å²) in [6, 6.07) is 60.3. The van der Waals surface area contributed by atoms with Gasteiger partial charge in [-0.3, -0.25) is 0 Å². The zero-order chi connectivity index (χ0) is 31.6. The van der Waals surface area contributed by atoms with Crippen LogP contribution in [0.1, 0.15) is 0 Å². The van der Waals surface area contributed by atoms with E-state index in [4.69, 9.17) is 8.83 Å². The lowest BCUT2D eigenvalue weighted by Gasteiger charge is -2.18. The van der Waals surface area contributed by atoms with Crippen LogP contribution in [-0.2, 0) is 0 Å². The van der Waals surface area contributed by atoms with E-state index in [0.29, 0.717) is 0 Å². The SMILES string of the molecule is c1ccc(-c2ccc(-c3c4ccccc4c(-c4ccc5oc6ccc7oc(-c8ccccc8)cc7c6c5c4)c4ccccc34)cc2)cc1. The van der Waals surface area contributed by atoms with Crippen LogP contribution in [0, 0.1) is 0 Å². The molecule has 0 unspecified atom stereocenters. The van der Waals surface area contributed by atoms with E-state index < -0.39 is 0 Å². The number of hydrogen-bond acceptors (Lipinski definition) is 2. The van der Waals surface area contributed by atoms with Gasteiger partial charge in [0.15, 0.2) is 0 Å². The van der Waals surface area contributed by atoms with Crippen LogP contribution >= 0.6 is 0 Å². The lowest BCUT2D eigenvalue weighted by molar-refractivity contribution is 0.631. The van der Waals surface area contributed by atoms with Crippen LogP contribution in [0.2, 0.25) is 0 Å². The number of furan rings is 2.